The number of hydrogen-bond acceptors (Lipinski definition) is 2. The molecule has 0 radical (unpaired) electrons. The predicted molar refractivity (Wildman–Crippen MR) is 46.4 cm³/mol. The molecule has 0 bridgehead atoms. The first kappa shape index (κ1) is 7.25. The van der Waals surface area contributed by atoms with Gasteiger partial charge in [0.25, 0.3) is 0 Å². The average molecular weight is 223 g/mol. The zero-order valence-corrected chi connectivity index (χ0v) is 11.4. The van der Waals surface area contributed by atoms with E-state index in [0.717, 1.165) is 0 Å². The van der Waals surface area contributed by atoms with Gasteiger partial charge < -0.3 is 0 Å². The van der Waals surface area contributed by atoms with Crippen LogP contribution < -0.4 is -0.0215 Å². The molecular formula is C7H5NSSr. The summed E-state index contributed by atoms with van der Waals surface area (Å²) < 4.78 is 2.68. The molecular weight excluding hydrogens is 218 g/mol. The van der Waals surface area contributed by atoms with E-state index in [0.29, 0.717) is 43.3 Å². The summed E-state index contributed by atoms with van der Waals surface area (Å²) in [5.41, 5.74) is 1.17. The van der Waals surface area contributed by atoms with E-state index in [9.17, 15) is 0 Å². The molecule has 0 fully saturated rings. The van der Waals surface area contributed by atoms with Gasteiger partial charge in [-0.2, -0.15) is 0 Å². The molecule has 0 N–H and O–H groups in total. The number of hydrogen-bond donors (Lipinski definition) is 0. The normalized spacial score (nSPS) is 10.3. The van der Waals surface area contributed by atoms with E-state index in [2.05, 4.69) is 23.2 Å². The first-order valence-corrected chi connectivity index (χ1v) is 6.46. The fourth-order valence-corrected chi connectivity index (χ4v) is 4.03. The van der Waals surface area contributed by atoms with Crippen LogP contribution in [0.1, 0.15) is 0 Å². The molecule has 0 amide bonds. The van der Waals surface area contributed by atoms with Crippen LogP contribution in [0, 0.1) is 0 Å². The molecule has 46 valence electrons. The summed E-state index contributed by atoms with van der Waals surface area (Å²) in [6.07, 6.45) is 0. The van der Waals surface area contributed by atoms with Gasteiger partial charge in [0.1, 0.15) is 0 Å². The second-order valence-corrected chi connectivity index (χ2v) is 7.55. The number of aromatic nitrogens is 1. The van der Waals surface area contributed by atoms with Gasteiger partial charge in [-0.3, -0.25) is 0 Å². The van der Waals surface area contributed by atoms with Crippen molar-refractivity contribution >= 4 is 64.8 Å². The molecule has 0 saturated heterocycles. The third-order valence-corrected chi connectivity index (χ3v) is 4.41. The summed E-state index contributed by atoms with van der Waals surface area (Å²) in [5, 5.41) is 0. The number of thiazole rings is 1. The third kappa shape index (κ3) is 1.29. The van der Waals surface area contributed by atoms with Gasteiger partial charge in [0.05, 0.1) is 0 Å². The van der Waals surface area contributed by atoms with Crippen molar-refractivity contribution in [1.82, 2.24) is 4.98 Å². The van der Waals surface area contributed by atoms with Gasteiger partial charge in [-0.1, -0.05) is 0 Å². The second-order valence-electron chi connectivity index (χ2n) is 2.20. The van der Waals surface area contributed by atoms with Crippen molar-refractivity contribution in [2.75, 3.05) is 0 Å². The van der Waals surface area contributed by atoms with Crippen LogP contribution in [0.3, 0.4) is 0 Å². The van der Waals surface area contributed by atoms with Crippen molar-refractivity contribution in [2.24, 2.45) is 0 Å². The third-order valence-electron chi connectivity index (χ3n) is 1.40. The van der Waals surface area contributed by atoms with Crippen LogP contribution in [-0.4, -0.2) is 48.2 Å². The Morgan fingerprint density at radius 3 is 2.90 bits per heavy atom. The van der Waals surface area contributed by atoms with Crippen molar-refractivity contribution in [3.8, 4) is 0 Å². The molecule has 1 heterocycles. The SMILES string of the molecule is [SrH][c]1nc2ccccc2s1. The van der Waals surface area contributed by atoms with Crippen LogP contribution in [0.15, 0.2) is 24.3 Å². The standard InChI is InChI=1S/C7H4NS.Sr.H/c1-2-4-7-6(3-1)8-5-9-7;;/h1-4H;;. The Labute approximate surface area is 92.6 Å². The Balaban J connectivity index is 2.88. The number of rotatable bonds is 0. The van der Waals surface area contributed by atoms with Crippen molar-refractivity contribution in [3.63, 3.8) is 0 Å². The Bertz CT molecular complexity index is 322. The minimum atomic E-state index is 0.577. The predicted octanol–water partition coefficient (Wildman–Crippen LogP) is 0.822. The van der Waals surface area contributed by atoms with Gasteiger partial charge in [0, 0.05) is 0 Å². The molecule has 0 aliphatic heterocycles. The Kier molecular flexibility index (Phi) is 2.11. The summed E-state index contributed by atoms with van der Waals surface area (Å²) in [7, 11) is 0. The fourth-order valence-electron chi connectivity index (χ4n) is 0.987. The summed E-state index contributed by atoms with van der Waals surface area (Å²) in [6.45, 7) is 0. The first-order valence-electron chi connectivity index (χ1n) is 3.18. The Morgan fingerprint density at radius 2 is 2.10 bits per heavy atom. The summed E-state index contributed by atoms with van der Waals surface area (Å²) in [6, 6.07) is 8.31. The number of para-hydroxylation sites is 1. The van der Waals surface area contributed by atoms with E-state index in [1.54, 1.807) is 0 Å². The summed E-state index contributed by atoms with van der Waals surface area (Å²) >= 11 is 2.41. The molecule has 0 saturated carbocycles. The Hall–Kier alpha value is 0.591. The van der Waals surface area contributed by atoms with E-state index in [1.807, 2.05) is 17.4 Å². The van der Waals surface area contributed by atoms with Crippen LogP contribution in [0.5, 0.6) is 0 Å². The Morgan fingerprint density at radius 1 is 1.30 bits per heavy atom. The zero-order valence-electron chi connectivity index (χ0n) is 5.66. The molecule has 2 aromatic rings. The molecule has 1 nitrogen and oxygen atoms in total. The van der Waals surface area contributed by atoms with E-state index < -0.39 is 0 Å². The molecule has 3 heteroatoms. The van der Waals surface area contributed by atoms with E-state index in [-0.39, 0.29) is 0 Å². The maximum atomic E-state index is 4.43. The van der Waals surface area contributed by atoms with Crippen molar-refractivity contribution in [1.29, 1.82) is 0 Å². The van der Waals surface area contributed by atoms with Crippen LogP contribution in [0.2, 0.25) is 0 Å². The molecule has 1 aromatic heterocycles. The van der Waals surface area contributed by atoms with Crippen LogP contribution in [0.25, 0.3) is 10.2 Å². The van der Waals surface area contributed by atoms with Gasteiger partial charge in [0.15, 0.2) is 0 Å². The van der Waals surface area contributed by atoms with Crippen LogP contribution >= 0.6 is 11.3 Å². The molecule has 0 spiro atoms. The first-order chi connectivity index (χ1) is 4.86. The monoisotopic (exact) mass is 223 g/mol. The molecule has 0 unspecified atom stereocenters. The van der Waals surface area contributed by atoms with Gasteiger partial charge >= 0.3 is 94.0 Å². The zero-order chi connectivity index (χ0) is 6.97. The fraction of sp³-hybridized carbons (Fsp3) is 0. The van der Waals surface area contributed by atoms with Gasteiger partial charge in [-0.05, 0) is 0 Å². The molecule has 0 aliphatic rings. The van der Waals surface area contributed by atoms with Crippen molar-refractivity contribution in [2.45, 2.75) is 0 Å². The van der Waals surface area contributed by atoms with E-state index in [1.165, 1.54) is 10.2 Å². The number of nitrogens with zero attached hydrogens (tertiary/aromatic N) is 1. The van der Waals surface area contributed by atoms with Gasteiger partial charge in [-0.25, -0.2) is 0 Å². The van der Waals surface area contributed by atoms with E-state index >= 15 is 0 Å². The summed E-state index contributed by atoms with van der Waals surface area (Å²) in [4.78, 5) is 4.43. The van der Waals surface area contributed by atoms with Gasteiger partial charge in [-0.15, -0.1) is 0 Å². The van der Waals surface area contributed by atoms with Crippen molar-refractivity contribution in [3.05, 3.63) is 24.3 Å². The van der Waals surface area contributed by atoms with Crippen LogP contribution in [-0.2, 0) is 0 Å². The van der Waals surface area contributed by atoms with Crippen molar-refractivity contribution < 1.29 is 0 Å². The average Bonchev–Trinajstić information content (AvgIpc) is 2.27. The molecule has 2 rings (SSSR count). The van der Waals surface area contributed by atoms with Crippen LogP contribution in [0.4, 0.5) is 0 Å². The molecule has 0 atom stereocenters. The quantitative estimate of drug-likeness (QED) is 0.602. The minimum absolute atomic E-state index is 0.577. The maximum absolute atomic E-state index is 4.43. The number of benzene rings is 1. The topological polar surface area (TPSA) is 12.9 Å². The van der Waals surface area contributed by atoms with Gasteiger partial charge in [0.2, 0.25) is 0 Å². The molecule has 0 aliphatic carbocycles. The van der Waals surface area contributed by atoms with E-state index in [4.69, 9.17) is 0 Å². The second kappa shape index (κ2) is 2.91. The molecule has 1 aromatic carbocycles. The number of fused-ring (bicyclic) bond motifs is 1. The molecule has 10 heavy (non-hydrogen) atoms. The summed E-state index contributed by atoms with van der Waals surface area (Å²) in [5.74, 6) is 0.